The second-order valence-electron chi connectivity index (χ2n) is 3.79. The second-order valence-corrected chi connectivity index (χ2v) is 4.59. The van der Waals surface area contributed by atoms with E-state index in [1.165, 1.54) is 0 Å². The molecule has 0 atom stereocenters. The molecule has 0 saturated heterocycles. The first-order chi connectivity index (χ1) is 7.61. The summed E-state index contributed by atoms with van der Waals surface area (Å²) in [6.07, 6.45) is 0.253. The molecule has 0 aromatic heterocycles. The van der Waals surface area contributed by atoms with Crippen LogP contribution in [-0.4, -0.2) is 19.3 Å². The number of nitrogens with two attached hydrogens (primary N) is 1. The summed E-state index contributed by atoms with van der Waals surface area (Å²) < 4.78 is 11.8. The van der Waals surface area contributed by atoms with Gasteiger partial charge in [-0.2, -0.15) is 0 Å². The number of nitrogen functional groups attached to an aromatic ring is 1. The predicted molar refractivity (Wildman–Crippen MR) is 69.3 cm³/mol. The van der Waals surface area contributed by atoms with E-state index in [4.69, 9.17) is 15.2 Å². The summed E-state index contributed by atoms with van der Waals surface area (Å²) in [6, 6.07) is 5.77. The molecule has 0 spiro atoms. The lowest BCUT2D eigenvalue weighted by Crippen LogP contribution is -2.09. The van der Waals surface area contributed by atoms with Crippen molar-refractivity contribution in [1.29, 1.82) is 0 Å². The number of hydrogen-bond donors (Lipinski definition) is 1. The molecule has 1 rings (SSSR count). The molecule has 0 saturated carbocycles. The van der Waals surface area contributed by atoms with E-state index >= 15 is 0 Å². The van der Waals surface area contributed by atoms with E-state index in [-0.39, 0.29) is 6.10 Å². The highest BCUT2D eigenvalue weighted by Gasteiger charge is 2.02. The molecule has 0 radical (unpaired) electrons. The predicted octanol–water partition coefficient (Wildman–Crippen LogP) is 2.97. The van der Waals surface area contributed by atoms with Crippen molar-refractivity contribution in [2.45, 2.75) is 26.6 Å². The highest BCUT2D eigenvalue weighted by atomic mass is 79.9. The van der Waals surface area contributed by atoms with Gasteiger partial charge >= 0.3 is 0 Å². The molecule has 3 nitrogen and oxygen atoms in total. The molecule has 1 aromatic rings. The van der Waals surface area contributed by atoms with Crippen LogP contribution in [0.4, 0.5) is 5.69 Å². The fourth-order valence-electron chi connectivity index (χ4n) is 1.24. The fourth-order valence-corrected chi connectivity index (χ4v) is 1.61. The molecular formula is C12H18BrNO2. The zero-order chi connectivity index (χ0) is 12.0. The molecule has 2 N–H and O–H groups in total. The van der Waals surface area contributed by atoms with Crippen molar-refractivity contribution < 1.29 is 9.47 Å². The minimum atomic E-state index is 0.253. The lowest BCUT2D eigenvalue weighted by molar-refractivity contribution is 0.0142. The molecular weight excluding hydrogens is 270 g/mol. The van der Waals surface area contributed by atoms with Crippen molar-refractivity contribution >= 4 is 21.6 Å². The number of anilines is 1. The quantitative estimate of drug-likeness (QED) is 0.646. The molecule has 4 heteroatoms. The molecule has 0 aliphatic carbocycles. The summed E-state index contributed by atoms with van der Waals surface area (Å²) in [4.78, 5) is 0. The molecule has 0 fully saturated rings. The van der Waals surface area contributed by atoms with E-state index in [1.807, 2.05) is 32.0 Å². The van der Waals surface area contributed by atoms with Crippen LogP contribution in [-0.2, 0) is 16.1 Å². The Kier molecular flexibility index (Phi) is 5.80. The third kappa shape index (κ3) is 4.51. The zero-order valence-electron chi connectivity index (χ0n) is 9.70. The van der Waals surface area contributed by atoms with Crippen molar-refractivity contribution in [3.05, 3.63) is 28.2 Å². The van der Waals surface area contributed by atoms with Crippen LogP contribution in [0, 0.1) is 0 Å². The minimum Gasteiger partial charge on any atom is -0.398 e. The lowest BCUT2D eigenvalue weighted by Gasteiger charge is -2.09. The number of halogens is 1. The average Bonchev–Trinajstić information content (AvgIpc) is 2.23. The summed E-state index contributed by atoms with van der Waals surface area (Å²) in [5.41, 5.74) is 7.56. The number of ether oxygens (including phenoxy) is 2. The average molecular weight is 288 g/mol. The Morgan fingerprint density at radius 3 is 2.75 bits per heavy atom. The molecule has 0 aliphatic rings. The number of hydrogen-bond acceptors (Lipinski definition) is 3. The smallest absolute Gasteiger partial charge is 0.0729 e. The van der Waals surface area contributed by atoms with Crippen LogP contribution in [0.2, 0.25) is 0 Å². The van der Waals surface area contributed by atoms with E-state index in [0.717, 1.165) is 15.7 Å². The van der Waals surface area contributed by atoms with Gasteiger partial charge in [0.25, 0.3) is 0 Å². The minimum absolute atomic E-state index is 0.253. The van der Waals surface area contributed by atoms with Gasteiger partial charge in [0.15, 0.2) is 0 Å². The Balaban J connectivity index is 2.29. The van der Waals surface area contributed by atoms with Gasteiger partial charge < -0.3 is 15.2 Å². The van der Waals surface area contributed by atoms with Crippen molar-refractivity contribution in [3.63, 3.8) is 0 Å². The topological polar surface area (TPSA) is 44.5 Å². The summed E-state index contributed by atoms with van der Waals surface area (Å²) in [5.74, 6) is 0. The Bertz CT molecular complexity index is 329. The van der Waals surface area contributed by atoms with Crippen molar-refractivity contribution in [3.8, 4) is 0 Å². The summed E-state index contributed by atoms with van der Waals surface area (Å²) >= 11 is 3.44. The Labute approximate surface area is 105 Å². The number of rotatable bonds is 6. The van der Waals surface area contributed by atoms with Gasteiger partial charge in [0, 0.05) is 10.2 Å². The van der Waals surface area contributed by atoms with Crippen molar-refractivity contribution in [2.24, 2.45) is 0 Å². The van der Waals surface area contributed by atoms with Crippen molar-refractivity contribution in [1.82, 2.24) is 0 Å². The maximum Gasteiger partial charge on any atom is 0.0729 e. The van der Waals surface area contributed by atoms with Crippen LogP contribution in [0.15, 0.2) is 22.7 Å². The third-order valence-corrected chi connectivity index (χ3v) is 3.01. The highest BCUT2D eigenvalue weighted by Crippen LogP contribution is 2.24. The van der Waals surface area contributed by atoms with Gasteiger partial charge in [-0.05, 0) is 41.4 Å². The fraction of sp³-hybridized carbons (Fsp3) is 0.500. The maximum atomic E-state index is 5.76. The van der Waals surface area contributed by atoms with Crippen molar-refractivity contribution in [2.75, 3.05) is 18.9 Å². The Hall–Kier alpha value is -0.580. The van der Waals surface area contributed by atoms with Gasteiger partial charge in [-0.15, -0.1) is 0 Å². The summed E-state index contributed by atoms with van der Waals surface area (Å²) in [6.45, 7) is 5.78. The molecule has 0 unspecified atom stereocenters. The zero-order valence-corrected chi connectivity index (χ0v) is 11.3. The van der Waals surface area contributed by atoms with Crippen LogP contribution in [0.3, 0.4) is 0 Å². The Morgan fingerprint density at radius 1 is 1.31 bits per heavy atom. The SMILES string of the molecule is CC(C)OCCOCc1cccc(N)c1Br. The number of benzene rings is 1. The summed E-state index contributed by atoms with van der Waals surface area (Å²) in [7, 11) is 0. The van der Waals surface area contributed by atoms with Crippen LogP contribution in [0.5, 0.6) is 0 Å². The van der Waals surface area contributed by atoms with Gasteiger partial charge in [0.2, 0.25) is 0 Å². The molecule has 0 amide bonds. The van der Waals surface area contributed by atoms with Crippen LogP contribution < -0.4 is 5.73 Å². The first kappa shape index (κ1) is 13.5. The molecule has 0 aliphatic heterocycles. The molecule has 1 aromatic carbocycles. The summed E-state index contributed by atoms with van der Waals surface area (Å²) in [5, 5.41) is 0. The molecule has 0 bridgehead atoms. The standard InChI is InChI=1S/C12H18BrNO2/c1-9(2)16-7-6-15-8-10-4-3-5-11(14)12(10)13/h3-5,9H,6-8,14H2,1-2H3. The van der Waals surface area contributed by atoms with E-state index in [0.29, 0.717) is 19.8 Å². The maximum absolute atomic E-state index is 5.76. The van der Waals surface area contributed by atoms with Gasteiger partial charge in [0.1, 0.15) is 0 Å². The molecule has 90 valence electrons. The lowest BCUT2D eigenvalue weighted by atomic mass is 10.2. The van der Waals surface area contributed by atoms with Crippen LogP contribution in [0.25, 0.3) is 0 Å². The largest absolute Gasteiger partial charge is 0.398 e. The van der Waals surface area contributed by atoms with Crippen LogP contribution >= 0.6 is 15.9 Å². The Morgan fingerprint density at radius 2 is 2.06 bits per heavy atom. The van der Waals surface area contributed by atoms with Gasteiger partial charge in [0.05, 0.1) is 25.9 Å². The molecule has 0 heterocycles. The normalized spacial score (nSPS) is 11.0. The van der Waals surface area contributed by atoms with E-state index in [2.05, 4.69) is 15.9 Å². The van der Waals surface area contributed by atoms with E-state index in [1.54, 1.807) is 0 Å². The van der Waals surface area contributed by atoms with Crippen LogP contribution in [0.1, 0.15) is 19.4 Å². The van der Waals surface area contributed by atoms with E-state index < -0.39 is 0 Å². The van der Waals surface area contributed by atoms with E-state index in [9.17, 15) is 0 Å². The first-order valence-electron chi connectivity index (χ1n) is 5.33. The van der Waals surface area contributed by atoms with Gasteiger partial charge in [-0.3, -0.25) is 0 Å². The van der Waals surface area contributed by atoms with Gasteiger partial charge in [-0.25, -0.2) is 0 Å². The molecule has 16 heavy (non-hydrogen) atoms. The second kappa shape index (κ2) is 6.89. The third-order valence-electron chi connectivity index (χ3n) is 2.04. The van der Waals surface area contributed by atoms with Gasteiger partial charge in [-0.1, -0.05) is 12.1 Å². The highest BCUT2D eigenvalue weighted by molar-refractivity contribution is 9.10. The monoisotopic (exact) mass is 287 g/mol. The first-order valence-corrected chi connectivity index (χ1v) is 6.12.